The number of nitrogens with one attached hydrogen (secondary N) is 1. The maximum Gasteiger partial charge on any atom is 0.0623 e. The monoisotopic (exact) mass is 265 g/mol. The molecule has 2 fully saturated rings. The number of fused-ring (bicyclic) bond motifs is 2. The van der Waals surface area contributed by atoms with Crippen molar-refractivity contribution in [1.82, 2.24) is 5.32 Å². The number of hydrogen-bond donors (Lipinski definition) is 1. The Labute approximate surface area is 114 Å². The minimum absolute atomic E-state index is 0.468. The standard InChI is InChI=1S/C15H20ClNO/c1-17-14(8-10-4-2-3-5-13(10)16)12-9-11-6-7-15(12)18-11/h2-5,11-12,14-15,17H,6-9H2,1H3. The topological polar surface area (TPSA) is 21.3 Å². The third-order valence-corrected chi connectivity index (χ3v) is 4.81. The molecule has 4 atom stereocenters. The van der Waals surface area contributed by atoms with Crippen molar-refractivity contribution < 1.29 is 4.74 Å². The Morgan fingerprint density at radius 1 is 1.39 bits per heavy atom. The lowest BCUT2D eigenvalue weighted by molar-refractivity contribution is 0.0863. The third-order valence-electron chi connectivity index (χ3n) is 4.44. The van der Waals surface area contributed by atoms with Gasteiger partial charge in [0.05, 0.1) is 12.2 Å². The highest BCUT2D eigenvalue weighted by Crippen LogP contribution is 2.41. The van der Waals surface area contributed by atoms with Crippen molar-refractivity contribution in [2.45, 2.75) is 43.9 Å². The van der Waals surface area contributed by atoms with Crippen molar-refractivity contribution >= 4 is 11.6 Å². The van der Waals surface area contributed by atoms with Crippen LogP contribution in [0.1, 0.15) is 24.8 Å². The van der Waals surface area contributed by atoms with E-state index < -0.39 is 0 Å². The van der Waals surface area contributed by atoms with Gasteiger partial charge < -0.3 is 10.1 Å². The molecule has 0 spiro atoms. The molecule has 1 N–H and O–H groups in total. The zero-order chi connectivity index (χ0) is 12.5. The molecule has 4 unspecified atom stereocenters. The lowest BCUT2D eigenvalue weighted by Gasteiger charge is -2.28. The number of rotatable bonds is 4. The van der Waals surface area contributed by atoms with Crippen molar-refractivity contribution in [2.24, 2.45) is 5.92 Å². The van der Waals surface area contributed by atoms with Crippen LogP contribution in [-0.2, 0) is 11.2 Å². The molecule has 98 valence electrons. The van der Waals surface area contributed by atoms with E-state index in [-0.39, 0.29) is 0 Å². The van der Waals surface area contributed by atoms with Crippen LogP contribution in [0.2, 0.25) is 5.02 Å². The first kappa shape index (κ1) is 12.5. The summed E-state index contributed by atoms with van der Waals surface area (Å²) >= 11 is 6.25. The molecule has 3 heteroatoms. The fourth-order valence-electron chi connectivity index (χ4n) is 3.47. The first-order chi connectivity index (χ1) is 8.78. The Bertz CT molecular complexity index is 423. The quantitative estimate of drug-likeness (QED) is 0.904. The summed E-state index contributed by atoms with van der Waals surface area (Å²) in [5.41, 5.74) is 1.24. The van der Waals surface area contributed by atoms with Gasteiger partial charge in [-0.15, -0.1) is 0 Å². The molecule has 0 saturated carbocycles. The minimum Gasteiger partial charge on any atom is -0.375 e. The van der Waals surface area contributed by atoms with Crippen LogP contribution in [0.3, 0.4) is 0 Å². The second-order valence-corrected chi connectivity index (χ2v) is 5.87. The molecule has 0 amide bonds. The van der Waals surface area contributed by atoms with Crippen molar-refractivity contribution in [3.8, 4) is 0 Å². The largest absolute Gasteiger partial charge is 0.375 e. The molecule has 0 aromatic heterocycles. The summed E-state index contributed by atoms with van der Waals surface area (Å²) in [6.07, 6.45) is 5.67. The summed E-state index contributed by atoms with van der Waals surface area (Å²) in [4.78, 5) is 0. The van der Waals surface area contributed by atoms with E-state index in [9.17, 15) is 0 Å². The van der Waals surface area contributed by atoms with Crippen LogP contribution in [0.4, 0.5) is 0 Å². The van der Waals surface area contributed by atoms with E-state index in [1.165, 1.54) is 24.8 Å². The van der Waals surface area contributed by atoms with Crippen LogP contribution in [-0.4, -0.2) is 25.3 Å². The minimum atomic E-state index is 0.468. The molecule has 1 aromatic carbocycles. The van der Waals surface area contributed by atoms with Gasteiger partial charge in [0.15, 0.2) is 0 Å². The van der Waals surface area contributed by atoms with Gasteiger partial charge in [-0.2, -0.15) is 0 Å². The normalized spacial score (nSPS) is 31.8. The molecule has 2 aliphatic heterocycles. The van der Waals surface area contributed by atoms with Gasteiger partial charge in [-0.25, -0.2) is 0 Å². The second-order valence-electron chi connectivity index (χ2n) is 5.46. The van der Waals surface area contributed by atoms with Gasteiger partial charge in [-0.1, -0.05) is 29.8 Å². The average Bonchev–Trinajstić information content (AvgIpc) is 3.00. The van der Waals surface area contributed by atoms with Crippen LogP contribution in [0.15, 0.2) is 24.3 Å². The van der Waals surface area contributed by atoms with Gasteiger partial charge in [0.1, 0.15) is 0 Å². The van der Waals surface area contributed by atoms with Crippen LogP contribution in [0.25, 0.3) is 0 Å². The van der Waals surface area contributed by atoms with Gasteiger partial charge in [0, 0.05) is 17.0 Å². The Balaban J connectivity index is 1.72. The van der Waals surface area contributed by atoms with Crippen LogP contribution in [0, 0.1) is 5.92 Å². The molecule has 18 heavy (non-hydrogen) atoms. The summed E-state index contributed by atoms with van der Waals surface area (Å²) in [6.45, 7) is 0. The third kappa shape index (κ3) is 2.29. The molecule has 2 bridgehead atoms. The predicted molar refractivity (Wildman–Crippen MR) is 74.0 cm³/mol. The molecular formula is C15H20ClNO. The van der Waals surface area contributed by atoms with E-state index in [2.05, 4.69) is 17.4 Å². The number of likely N-dealkylation sites (N-methyl/N-ethyl adjacent to an activating group) is 1. The van der Waals surface area contributed by atoms with E-state index in [0.29, 0.717) is 24.2 Å². The molecule has 0 radical (unpaired) electrons. The molecular weight excluding hydrogens is 246 g/mol. The Morgan fingerprint density at radius 2 is 2.22 bits per heavy atom. The van der Waals surface area contributed by atoms with Crippen LogP contribution < -0.4 is 5.32 Å². The van der Waals surface area contributed by atoms with Crippen LogP contribution >= 0.6 is 11.6 Å². The highest BCUT2D eigenvalue weighted by molar-refractivity contribution is 6.31. The van der Waals surface area contributed by atoms with E-state index >= 15 is 0 Å². The highest BCUT2D eigenvalue weighted by atomic mass is 35.5. The summed E-state index contributed by atoms with van der Waals surface area (Å²) in [7, 11) is 2.05. The Kier molecular flexibility index (Phi) is 3.60. The number of ether oxygens (including phenoxy) is 1. The summed E-state index contributed by atoms with van der Waals surface area (Å²) in [5.74, 6) is 0.644. The van der Waals surface area contributed by atoms with Crippen LogP contribution in [0.5, 0.6) is 0 Å². The zero-order valence-electron chi connectivity index (χ0n) is 10.7. The smallest absolute Gasteiger partial charge is 0.0623 e. The lowest BCUT2D eigenvalue weighted by atomic mass is 9.81. The zero-order valence-corrected chi connectivity index (χ0v) is 11.5. The van der Waals surface area contributed by atoms with Gasteiger partial charge >= 0.3 is 0 Å². The summed E-state index contributed by atoms with van der Waals surface area (Å²) in [5, 5.41) is 4.34. The van der Waals surface area contributed by atoms with Gasteiger partial charge in [-0.3, -0.25) is 0 Å². The molecule has 2 heterocycles. The number of benzene rings is 1. The van der Waals surface area contributed by atoms with Crippen molar-refractivity contribution in [3.63, 3.8) is 0 Å². The summed E-state index contributed by atoms with van der Waals surface area (Å²) in [6, 6.07) is 8.62. The fraction of sp³-hybridized carbons (Fsp3) is 0.600. The molecule has 1 aromatic rings. The molecule has 2 nitrogen and oxygen atoms in total. The second kappa shape index (κ2) is 5.20. The summed E-state index contributed by atoms with van der Waals surface area (Å²) < 4.78 is 5.96. The first-order valence-corrected chi connectivity index (χ1v) is 7.22. The maximum absolute atomic E-state index is 6.25. The Morgan fingerprint density at radius 3 is 2.83 bits per heavy atom. The van der Waals surface area contributed by atoms with Crippen molar-refractivity contribution in [3.05, 3.63) is 34.9 Å². The molecule has 3 rings (SSSR count). The van der Waals surface area contributed by atoms with E-state index in [1.54, 1.807) is 0 Å². The van der Waals surface area contributed by atoms with E-state index in [0.717, 1.165) is 11.4 Å². The van der Waals surface area contributed by atoms with Gasteiger partial charge in [0.25, 0.3) is 0 Å². The van der Waals surface area contributed by atoms with E-state index in [4.69, 9.17) is 16.3 Å². The lowest BCUT2D eigenvalue weighted by Crippen LogP contribution is -2.40. The molecule has 0 aliphatic carbocycles. The predicted octanol–water partition coefficient (Wildman–Crippen LogP) is 3.04. The van der Waals surface area contributed by atoms with Gasteiger partial charge in [-0.05, 0) is 44.4 Å². The fourth-order valence-corrected chi connectivity index (χ4v) is 3.68. The number of hydrogen-bond acceptors (Lipinski definition) is 2. The maximum atomic E-state index is 6.25. The first-order valence-electron chi connectivity index (χ1n) is 6.84. The van der Waals surface area contributed by atoms with Gasteiger partial charge in [0.2, 0.25) is 0 Å². The average molecular weight is 266 g/mol. The highest BCUT2D eigenvalue weighted by Gasteiger charge is 2.43. The van der Waals surface area contributed by atoms with Crippen molar-refractivity contribution in [2.75, 3.05) is 7.05 Å². The van der Waals surface area contributed by atoms with E-state index in [1.807, 2.05) is 19.2 Å². The SMILES string of the molecule is CNC(Cc1ccccc1Cl)C1CC2CCC1O2. The molecule has 2 saturated heterocycles. The molecule has 2 aliphatic rings. The number of halogens is 1. The van der Waals surface area contributed by atoms with Crippen molar-refractivity contribution in [1.29, 1.82) is 0 Å². The Hall–Kier alpha value is -0.570.